The molecule has 7 heteroatoms. The van der Waals surface area contributed by atoms with Crippen molar-refractivity contribution in [2.75, 3.05) is 19.5 Å². The van der Waals surface area contributed by atoms with Crippen LogP contribution < -0.4 is 10.6 Å². The summed E-state index contributed by atoms with van der Waals surface area (Å²) in [5.74, 6) is -1.43. The summed E-state index contributed by atoms with van der Waals surface area (Å²) in [7, 11) is 2.80. The maximum Gasteiger partial charge on any atom is 0.328 e. The normalized spacial score (nSPS) is 12.3. The van der Waals surface area contributed by atoms with Crippen molar-refractivity contribution in [2.45, 2.75) is 13.0 Å². The molecule has 1 unspecified atom stereocenters. The maximum atomic E-state index is 12.8. The lowest BCUT2D eigenvalue weighted by Gasteiger charge is -2.12. The molecule has 0 aliphatic rings. The standard InChI is InChI=1S/C23H23N3O4/c1-15(23(29)30-3)26-14-16(18-11-7-8-12-20(18)26)13-19(21(27)24-2)22(28)25-17-9-5-4-6-10-17/h4-15H,1-3H3,(H,24,27)(H,25,28)/b19-13-. The first-order chi connectivity index (χ1) is 14.5. The number of likely N-dealkylation sites (N-methyl/N-ethyl adjacent to an activating group) is 1. The molecule has 0 bridgehead atoms. The van der Waals surface area contributed by atoms with Gasteiger partial charge in [-0.2, -0.15) is 0 Å². The van der Waals surface area contributed by atoms with Gasteiger partial charge in [0.1, 0.15) is 11.6 Å². The number of nitrogens with one attached hydrogen (secondary N) is 2. The van der Waals surface area contributed by atoms with Gasteiger partial charge in [0.05, 0.1) is 7.11 Å². The molecule has 1 aromatic heterocycles. The second-order valence-electron chi connectivity index (χ2n) is 6.67. The highest BCUT2D eigenvalue weighted by Gasteiger charge is 2.22. The zero-order valence-corrected chi connectivity index (χ0v) is 17.0. The second kappa shape index (κ2) is 9.09. The third-order valence-corrected chi connectivity index (χ3v) is 4.78. The second-order valence-corrected chi connectivity index (χ2v) is 6.67. The molecular weight excluding hydrogens is 382 g/mol. The number of rotatable bonds is 6. The Hall–Kier alpha value is -3.87. The number of para-hydroxylation sites is 2. The van der Waals surface area contributed by atoms with Crippen LogP contribution in [-0.4, -0.2) is 36.5 Å². The zero-order chi connectivity index (χ0) is 21.7. The molecule has 2 N–H and O–H groups in total. The van der Waals surface area contributed by atoms with Crippen molar-refractivity contribution < 1.29 is 19.1 Å². The van der Waals surface area contributed by atoms with Gasteiger partial charge >= 0.3 is 5.97 Å². The number of hydrogen-bond acceptors (Lipinski definition) is 4. The predicted molar refractivity (Wildman–Crippen MR) is 116 cm³/mol. The number of amides is 2. The Kier molecular flexibility index (Phi) is 6.32. The van der Waals surface area contributed by atoms with E-state index in [9.17, 15) is 14.4 Å². The minimum Gasteiger partial charge on any atom is -0.467 e. The summed E-state index contributed by atoms with van der Waals surface area (Å²) in [6, 6.07) is 15.8. The van der Waals surface area contributed by atoms with Gasteiger partial charge in [0.15, 0.2) is 0 Å². The molecule has 2 aromatic carbocycles. The van der Waals surface area contributed by atoms with E-state index in [1.54, 1.807) is 42.0 Å². The van der Waals surface area contributed by atoms with Crippen molar-refractivity contribution in [2.24, 2.45) is 0 Å². The van der Waals surface area contributed by atoms with E-state index in [1.807, 2.05) is 30.3 Å². The topological polar surface area (TPSA) is 89.4 Å². The highest BCUT2D eigenvalue weighted by atomic mass is 16.5. The maximum absolute atomic E-state index is 12.8. The smallest absolute Gasteiger partial charge is 0.328 e. The van der Waals surface area contributed by atoms with Crippen LogP contribution in [0.5, 0.6) is 0 Å². The summed E-state index contributed by atoms with van der Waals surface area (Å²) in [6.07, 6.45) is 3.27. The Labute approximate surface area is 174 Å². The molecule has 0 radical (unpaired) electrons. The Morgan fingerprint density at radius 2 is 1.67 bits per heavy atom. The quantitative estimate of drug-likeness (QED) is 0.285. The number of esters is 1. The lowest BCUT2D eigenvalue weighted by atomic mass is 10.1. The van der Waals surface area contributed by atoms with Crippen LogP contribution in [0.25, 0.3) is 17.0 Å². The fourth-order valence-corrected chi connectivity index (χ4v) is 3.20. The number of carbonyl (C=O) groups is 3. The van der Waals surface area contributed by atoms with Crippen LogP contribution in [0, 0.1) is 0 Å². The van der Waals surface area contributed by atoms with Gasteiger partial charge in [-0.15, -0.1) is 0 Å². The van der Waals surface area contributed by atoms with Crippen molar-refractivity contribution in [1.29, 1.82) is 0 Å². The van der Waals surface area contributed by atoms with Crippen LogP contribution in [0.1, 0.15) is 18.5 Å². The van der Waals surface area contributed by atoms with Gasteiger partial charge in [-0.3, -0.25) is 9.59 Å². The van der Waals surface area contributed by atoms with Crippen molar-refractivity contribution in [3.63, 3.8) is 0 Å². The number of nitrogens with zero attached hydrogens (tertiary/aromatic N) is 1. The highest BCUT2D eigenvalue weighted by molar-refractivity contribution is 6.26. The first-order valence-corrected chi connectivity index (χ1v) is 9.43. The van der Waals surface area contributed by atoms with Crippen LogP contribution in [0.4, 0.5) is 5.69 Å². The number of carbonyl (C=O) groups excluding carboxylic acids is 3. The molecule has 0 aliphatic carbocycles. The monoisotopic (exact) mass is 405 g/mol. The molecule has 0 saturated carbocycles. The van der Waals surface area contributed by atoms with Crippen molar-refractivity contribution in [3.8, 4) is 0 Å². The number of benzene rings is 2. The lowest BCUT2D eigenvalue weighted by molar-refractivity contribution is -0.143. The Balaban J connectivity index is 2.08. The SMILES string of the molecule is CNC(=O)/C(=C/c1cn(C(C)C(=O)OC)c2ccccc12)C(=O)Nc1ccccc1. The number of fused-ring (bicyclic) bond motifs is 1. The summed E-state index contributed by atoms with van der Waals surface area (Å²) in [6.45, 7) is 1.73. The molecule has 1 heterocycles. The Morgan fingerprint density at radius 3 is 2.33 bits per heavy atom. The van der Waals surface area contributed by atoms with Crippen molar-refractivity contribution in [1.82, 2.24) is 9.88 Å². The minimum absolute atomic E-state index is 0.0463. The molecule has 7 nitrogen and oxygen atoms in total. The van der Waals surface area contributed by atoms with Crippen LogP contribution in [0.3, 0.4) is 0 Å². The molecule has 154 valence electrons. The van der Waals surface area contributed by atoms with Gasteiger partial charge in [0, 0.05) is 35.4 Å². The third-order valence-electron chi connectivity index (χ3n) is 4.78. The van der Waals surface area contributed by atoms with Crippen molar-refractivity contribution in [3.05, 3.63) is 71.9 Å². The molecule has 0 fully saturated rings. The summed E-state index contributed by atoms with van der Waals surface area (Å²) in [5.41, 5.74) is 1.97. The van der Waals surface area contributed by atoms with Gasteiger partial charge < -0.3 is 19.9 Å². The van der Waals surface area contributed by atoms with E-state index >= 15 is 0 Å². The highest BCUT2D eigenvalue weighted by Crippen LogP contribution is 2.27. The molecule has 0 aliphatic heterocycles. The lowest BCUT2D eigenvalue weighted by Crippen LogP contribution is -2.28. The van der Waals surface area contributed by atoms with Crippen LogP contribution in [0.15, 0.2) is 66.4 Å². The van der Waals surface area contributed by atoms with Crippen LogP contribution >= 0.6 is 0 Å². The predicted octanol–water partition coefficient (Wildman–Crippen LogP) is 3.14. The van der Waals surface area contributed by atoms with E-state index in [0.717, 1.165) is 10.9 Å². The first kappa shape index (κ1) is 20.9. The van der Waals surface area contributed by atoms with Gasteiger partial charge in [-0.25, -0.2) is 4.79 Å². The molecule has 0 saturated heterocycles. The molecule has 3 aromatic rings. The molecule has 0 spiro atoms. The largest absolute Gasteiger partial charge is 0.467 e. The Bertz CT molecular complexity index is 1120. The number of aromatic nitrogens is 1. The van der Waals surface area contributed by atoms with Gasteiger partial charge in [0.2, 0.25) is 0 Å². The fraction of sp³-hybridized carbons (Fsp3) is 0.174. The van der Waals surface area contributed by atoms with E-state index in [-0.39, 0.29) is 11.5 Å². The van der Waals surface area contributed by atoms with Crippen LogP contribution in [-0.2, 0) is 19.1 Å². The van der Waals surface area contributed by atoms with E-state index in [0.29, 0.717) is 11.3 Å². The average molecular weight is 405 g/mol. The van der Waals surface area contributed by atoms with E-state index < -0.39 is 17.9 Å². The molecule has 30 heavy (non-hydrogen) atoms. The summed E-state index contributed by atoms with van der Waals surface area (Å²) in [5, 5.41) is 6.05. The fourth-order valence-electron chi connectivity index (χ4n) is 3.20. The number of hydrogen-bond donors (Lipinski definition) is 2. The third kappa shape index (κ3) is 4.25. The molecule has 2 amide bonds. The zero-order valence-electron chi connectivity index (χ0n) is 17.0. The minimum atomic E-state index is -0.566. The number of methoxy groups -OCH3 is 1. The number of anilines is 1. The van der Waals surface area contributed by atoms with E-state index in [1.165, 1.54) is 20.2 Å². The summed E-state index contributed by atoms with van der Waals surface area (Å²) in [4.78, 5) is 37.4. The molecular formula is C23H23N3O4. The molecule has 3 rings (SSSR count). The summed E-state index contributed by atoms with van der Waals surface area (Å²) >= 11 is 0. The van der Waals surface area contributed by atoms with Gasteiger partial charge in [0.25, 0.3) is 11.8 Å². The van der Waals surface area contributed by atoms with E-state index in [2.05, 4.69) is 10.6 Å². The van der Waals surface area contributed by atoms with Gasteiger partial charge in [-0.1, -0.05) is 36.4 Å². The first-order valence-electron chi connectivity index (χ1n) is 9.43. The van der Waals surface area contributed by atoms with E-state index in [4.69, 9.17) is 4.74 Å². The van der Waals surface area contributed by atoms with Crippen LogP contribution in [0.2, 0.25) is 0 Å². The average Bonchev–Trinajstić information content (AvgIpc) is 3.15. The van der Waals surface area contributed by atoms with Gasteiger partial charge in [-0.05, 0) is 31.2 Å². The Morgan fingerprint density at radius 1 is 1.00 bits per heavy atom. The molecule has 1 atom stereocenters. The summed E-state index contributed by atoms with van der Waals surface area (Å²) < 4.78 is 6.63. The van der Waals surface area contributed by atoms with Crippen molar-refractivity contribution >= 4 is 40.4 Å². The number of ether oxygens (including phenoxy) is 1.